The molecule has 4 amide bonds. The second-order valence-electron chi connectivity index (χ2n) is 8.54. The number of ether oxygens (including phenoxy) is 1. The van der Waals surface area contributed by atoms with Crippen molar-refractivity contribution in [2.45, 2.75) is 37.8 Å². The Morgan fingerprint density at radius 1 is 1.16 bits per heavy atom. The lowest BCUT2D eigenvalue weighted by atomic mass is 9.52. The van der Waals surface area contributed by atoms with E-state index in [4.69, 9.17) is 10.5 Å². The van der Waals surface area contributed by atoms with Crippen molar-refractivity contribution in [3.05, 3.63) is 54.0 Å². The predicted molar refractivity (Wildman–Crippen MR) is 108 cm³/mol. The van der Waals surface area contributed by atoms with E-state index in [1.54, 1.807) is 24.4 Å². The third kappa shape index (κ3) is 3.30. The number of urea groups is 1. The molecule has 2 aromatic rings. The smallest absolute Gasteiger partial charge is 0.331 e. The molecule has 1 saturated heterocycles. The number of anilines is 1. The average Bonchev–Trinajstić information content (AvgIpc) is 2.97. The molecule has 1 aromatic carbocycles. The molecule has 3 fully saturated rings. The Kier molecular flexibility index (Phi) is 4.42. The molecule has 2 saturated carbocycles. The molecule has 31 heavy (non-hydrogen) atoms. The van der Waals surface area contributed by atoms with Crippen molar-refractivity contribution in [3.63, 3.8) is 0 Å². The molecule has 0 bridgehead atoms. The minimum absolute atomic E-state index is 0.0316. The molecule has 1 aliphatic heterocycles. The zero-order chi connectivity index (χ0) is 21.8. The Balaban J connectivity index is 1.19. The summed E-state index contributed by atoms with van der Waals surface area (Å²) in [6.45, 7) is -0.0763. The van der Waals surface area contributed by atoms with Crippen LogP contribution in [0, 0.1) is 11.2 Å². The molecule has 8 nitrogen and oxygen atoms in total. The molecule has 1 aromatic heterocycles. The average molecular weight is 424 g/mol. The number of rotatable bonds is 5. The number of hydrogen-bond acceptors (Lipinski definition) is 5. The van der Waals surface area contributed by atoms with Crippen LogP contribution in [0.25, 0.3) is 0 Å². The minimum Gasteiger partial charge on any atom is -0.474 e. The van der Waals surface area contributed by atoms with Crippen LogP contribution in [-0.2, 0) is 4.79 Å². The Morgan fingerprint density at radius 3 is 2.65 bits per heavy atom. The summed E-state index contributed by atoms with van der Waals surface area (Å²) in [6, 6.07) is 8.33. The number of halogens is 1. The zero-order valence-corrected chi connectivity index (χ0v) is 16.7. The molecule has 0 radical (unpaired) electrons. The van der Waals surface area contributed by atoms with Gasteiger partial charge in [-0.2, -0.15) is 0 Å². The fourth-order valence-electron chi connectivity index (χ4n) is 5.00. The lowest BCUT2D eigenvalue weighted by Gasteiger charge is -2.58. The van der Waals surface area contributed by atoms with Crippen LogP contribution in [0.2, 0.25) is 0 Å². The lowest BCUT2D eigenvalue weighted by molar-refractivity contribution is -0.138. The fraction of sp³-hybridized carbons (Fsp3) is 0.364. The van der Waals surface area contributed by atoms with Gasteiger partial charge in [-0.15, -0.1) is 0 Å². The number of carbonyl (C=O) groups is 3. The number of amides is 4. The van der Waals surface area contributed by atoms with Gasteiger partial charge in [-0.05, 0) is 61.4 Å². The molecule has 0 atom stereocenters. The first-order chi connectivity index (χ1) is 14.8. The Hall–Kier alpha value is -3.49. The number of primary amides is 1. The van der Waals surface area contributed by atoms with Crippen LogP contribution in [0.15, 0.2) is 42.6 Å². The van der Waals surface area contributed by atoms with Crippen molar-refractivity contribution >= 4 is 23.5 Å². The van der Waals surface area contributed by atoms with E-state index < -0.39 is 17.8 Å². The standard InChI is InChI=1S/C22H21FN4O4/c23-13-3-1-4-14(7-13)26-12-18(28)27(21(26)30)15-8-22(9-15)10-16(11-22)31-20-17(19(24)29)5-2-6-25-20/h1-7,15-16H,8-12H2,(H2,24,29). The molecule has 3 aliphatic rings. The number of pyridine rings is 1. The van der Waals surface area contributed by atoms with E-state index in [1.807, 2.05) is 0 Å². The number of hydrogen-bond donors (Lipinski definition) is 1. The largest absolute Gasteiger partial charge is 0.474 e. The van der Waals surface area contributed by atoms with Crippen molar-refractivity contribution in [2.75, 3.05) is 11.4 Å². The number of nitrogens with two attached hydrogens (primary N) is 1. The quantitative estimate of drug-likeness (QED) is 0.743. The Morgan fingerprint density at radius 2 is 1.94 bits per heavy atom. The maximum Gasteiger partial charge on any atom is 0.331 e. The summed E-state index contributed by atoms with van der Waals surface area (Å²) in [4.78, 5) is 43.6. The first kappa shape index (κ1) is 19.5. The summed E-state index contributed by atoms with van der Waals surface area (Å²) in [5.74, 6) is -1.07. The number of imide groups is 1. The van der Waals surface area contributed by atoms with Crippen LogP contribution in [0.4, 0.5) is 14.9 Å². The van der Waals surface area contributed by atoms with Crippen LogP contribution in [0.3, 0.4) is 0 Å². The second-order valence-corrected chi connectivity index (χ2v) is 8.54. The van der Waals surface area contributed by atoms with Gasteiger partial charge in [-0.25, -0.2) is 14.2 Å². The van der Waals surface area contributed by atoms with Crippen LogP contribution >= 0.6 is 0 Å². The summed E-state index contributed by atoms with van der Waals surface area (Å²) in [7, 11) is 0. The maximum atomic E-state index is 13.5. The fourth-order valence-corrected chi connectivity index (χ4v) is 5.00. The van der Waals surface area contributed by atoms with Gasteiger partial charge >= 0.3 is 6.03 Å². The third-order valence-electron chi connectivity index (χ3n) is 6.46. The SMILES string of the molecule is NC(=O)c1cccnc1OC1CC2(C1)CC(N1C(=O)CN(c3cccc(F)c3)C1=O)C2. The maximum absolute atomic E-state index is 13.5. The van der Waals surface area contributed by atoms with Crippen LogP contribution < -0.4 is 15.4 Å². The Labute approximate surface area is 177 Å². The van der Waals surface area contributed by atoms with E-state index in [2.05, 4.69) is 4.98 Å². The summed E-state index contributed by atoms with van der Waals surface area (Å²) >= 11 is 0. The monoisotopic (exact) mass is 424 g/mol. The van der Waals surface area contributed by atoms with Gasteiger partial charge in [0, 0.05) is 17.9 Å². The summed E-state index contributed by atoms with van der Waals surface area (Å²) in [5.41, 5.74) is 6.03. The molecule has 2 N–H and O–H groups in total. The molecule has 1 spiro atoms. The van der Waals surface area contributed by atoms with Gasteiger partial charge < -0.3 is 10.5 Å². The normalized spacial score (nSPS) is 27.3. The predicted octanol–water partition coefficient (Wildman–Crippen LogP) is 2.48. The molecule has 5 rings (SSSR count). The highest BCUT2D eigenvalue weighted by Crippen LogP contribution is 2.58. The highest BCUT2D eigenvalue weighted by atomic mass is 19.1. The van der Waals surface area contributed by atoms with Gasteiger partial charge in [0.15, 0.2) is 0 Å². The molecule has 2 heterocycles. The van der Waals surface area contributed by atoms with Crippen LogP contribution in [0.5, 0.6) is 5.88 Å². The first-order valence-corrected chi connectivity index (χ1v) is 10.2. The number of aromatic nitrogens is 1. The van der Waals surface area contributed by atoms with Gasteiger partial charge in [0.25, 0.3) is 11.8 Å². The second kappa shape index (κ2) is 7.04. The Bertz CT molecular complexity index is 1080. The van der Waals surface area contributed by atoms with E-state index >= 15 is 0 Å². The topological polar surface area (TPSA) is 106 Å². The highest BCUT2D eigenvalue weighted by molar-refractivity contribution is 6.12. The van der Waals surface area contributed by atoms with Gasteiger partial charge in [0.05, 0.1) is 0 Å². The third-order valence-corrected chi connectivity index (χ3v) is 6.46. The number of carbonyl (C=O) groups excluding carboxylic acids is 3. The number of nitrogens with zero attached hydrogens (tertiary/aromatic N) is 3. The van der Waals surface area contributed by atoms with E-state index in [0.717, 1.165) is 12.8 Å². The number of benzene rings is 1. The summed E-state index contributed by atoms with van der Waals surface area (Å²) < 4.78 is 19.4. The molecule has 2 aliphatic carbocycles. The molecule has 9 heteroatoms. The van der Waals surface area contributed by atoms with Gasteiger partial charge in [0.2, 0.25) is 5.88 Å². The molecule has 0 unspecified atom stereocenters. The van der Waals surface area contributed by atoms with E-state index in [-0.39, 0.29) is 41.5 Å². The molecule has 160 valence electrons. The van der Waals surface area contributed by atoms with Gasteiger partial charge in [-0.1, -0.05) is 6.07 Å². The highest BCUT2D eigenvalue weighted by Gasteiger charge is 2.58. The minimum atomic E-state index is -0.588. The molecular formula is C22H21FN4O4. The van der Waals surface area contributed by atoms with Crippen LogP contribution in [0.1, 0.15) is 36.0 Å². The van der Waals surface area contributed by atoms with Crippen molar-refractivity contribution in [1.29, 1.82) is 0 Å². The van der Waals surface area contributed by atoms with Gasteiger partial charge in [0.1, 0.15) is 24.0 Å². The van der Waals surface area contributed by atoms with Crippen molar-refractivity contribution in [1.82, 2.24) is 9.88 Å². The van der Waals surface area contributed by atoms with E-state index in [0.29, 0.717) is 18.5 Å². The first-order valence-electron chi connectivity index (χ1n) is 10.2. The van der Waals surface area contributed by atoms with E-state index in [1.165, 1.54) is 28.0 Å². The van der Waals surface area contributed by atoms with Crippen LogP contribution in [-0.4, -0.2) is 46.4 Å². The van der Waals surface area contributed by atoms with Crippen molar-refractivity contribution < 1.29 is 23.5 Å². The summed E-state index contributed by atoms with van der Waals surface area (Å²) in [5, 5.41) is 0. The van der Waals surface area contributed by atoms with Crippen molar-refractivity contribution in [3.8, 4) is 5.88 Å². The lowest BCUT2D eigenvalue weighted by Crippen LogP contribution is -2.60. The van der Waals surface area contributed by atoms with Gasteiger partial charge in [-0.3, -0.25) is 19.4 Å². The molecular weight excluding hydrogens is 403 g/mol. The zero-order valence-electron chi connectivity index (χ0n) is 16.7. The van der Waals surface area contributed by atoms with E-state index in [9.17, 15) is 18.8 Å². The summed E-state index contributed by atoms with van der Waals surface area (Å²) in [6.07, 6.45) is 4.43. The van der Waals surface area contributed by atoms with Crippen molar-refractivity contribution in [2.24, 2.45) is 11.1 Å².